The minimum absolute atomic E-state index is 0.718. The van der Waals surface area contributed by atoms with Gasteiger partial charge in [0.1, 0.15) is 5.52 Å². The SMILES string of the molecule is c1ccc(-c2nc(-c3ccc(-n4c5ccccc5c5ccccc54)cc3)c3c(n2)c2ccccc2n3-c2ccccc2)cc1. The third kappa shape index (κ3) is 3.71. The van der Waals surface area contributed by atoms with E-state index in [1.54, 1.807) is 0 Å². The Labute approximate surface area is 254 Å². The van der Waals surface area contributed by atoms with E-state index in [4.69, 9.17) is 9.97 Å². The highest BCUT2D eigenvalue weighted by Crippen LogP contribution is 2.38. The molecule has 6 aromatic carbocycles. The second-order valence-electron chi connectivity index (χ2n) is 11.1. The Hall–Kier alpha value is -6.00. The predicted octanol–water partition coefficient (Wildman–Crippen LogP) is 10.0. The van der Waals surface area contributed by atoms with Crippen LogP contribution in [0, 0.1) is 0 Å². The zero-order chi connectivity index (χ0) is 29.0. The molecule has 9 aromatic rings. The molecule has 0 bridgehead atoms. The lowest BCUT2D eigenvalue weighted by molar-refractivity contribution is 1.15. The molecule has 0 unspecified atom stereocenters. The summed E-state index contributed by atoms with van der Waals surface area (Å²) < 4.78 is 4.65. The quantitative estimate of drug-likeness (QED) is 0.214. The highest BCUT2D eigenvalue weighted by atomic mass is 15.0. The highest BCUT2D eigenvalue weighted by Gasteiger charge is 2.21. The number of aromatic nitrogens is 4. The molecule has 0 spiro atoms. The van der Waals surface area contributed by atoms with Gasteiger partial charge < -0.3 is 9.13 Å². The molecule has 0 aliphatic heterocycles. The zero-order valence-corrected chi connectivity index (χ0v) is 23.8. The van der Waals surface area contributed by atoms with Gasteiger partial charge in [-0.25, -0.2) is 9.97 Å². The molecular formula is C40H26N4. The van der Waals surface area contributed by atoms with E-state index in [0.717, 1.165) is 56.0 Å². The molecule has 4 heteroatoms. The standard InChI is InChI=1S/C40H26N4/c1-3-13-28(14-4-1)40-41-37(39-38(42-40)33-19-9-12-22-36(33)44(39)29-15-5-2-6-16-29)27-23-25-30(26-24-27)43-34-20-10-7-17-31(34)32-18-8-11-21-35(32)43/h1-26H. The Morgan fingerprint density at radius 1 is 0.364 bits per heavy atom. The van der Waals surface area contributed by atoms with Crippen molar-refractivity contribution >= 4 is 43.7 Å². The summed E-state index contributed by atoms with van der Waals surface area (Å²) in [4.78, 5) is 10.5. The molecule has 0 saturated heterocycles. The van der Waals surface area contributed by atoms with Crippen molar-refractivity contribution in [1.29, 1.82) is 0 Å². The van der Waals surface area contributed by atoms with Crippen LogP contribution in [-0.4, -0.2) is 19.1 Å². The largest absolute Gasteiger partial charge is 0.309 e. The lowest BCUT2D eigenvalue weighted by atomic mass is 10.1. The molecule has 0 atom stereocenters. The smallest absolute Gasteiger partial charge is 0.160 e. The van der Waals surface area contributed by atoms with E-state index in [-0.39, 0.29) is 0 Å². The van der Waals surface area contributed by atoms with Gasteiger partial charge in [0, 0.05) is 38.7 Å². The molecule has 44 heavy (non-hydrogen) atoms. The molecule has 0 amide bonds. The first-order valence-electron chi connectivity index (χ1n) is 14.9. The molecule has 0 fully saturated rings. The van der Waals surface area contributed by atoms with Crippen LogP contribution in [0.15, 0.2) is 158 Å². The molecule has 9 rings (SSSR count). The first kappa shape index (κ1) is 24.6. The molecule has 0 N–H and O–H groups in total. The van der Waals surface area contributed by atoms with Gasteiger partial charge in [-0.1, -0.05) is 115 Å². The molecular weight excluding hydrogens is 536 g/mol. The van der Waals surface area contributed by atoms with Crippen LogP contribution < -0.4 is 0 Å². The maximum atomic E-state index is 5.28. The normalized spacial score (nSPS) is 11.6. The van der Waals surface area contributed by atoms with Crippen LogP contribution in [0.4, 0.5) is 0 Å². The van der Waals surface area contributed by atoms with Crippen molar-refractivity contribution in [3.63, 3.8) is 0 Å². The zero-order valence-electron chi connectivity index (χ0n) is 23.8. The second-order valence-corrected chi connectivity index (χ2v) is 11.1. The third-order valence-electron chi connectivity index (χ3n) is 8.53. The van der Waals surface area contributed by atoms with Gasteiger partial charge in [-0.3, -0.25) is 0 Å². The van der Waals surface area contributed by atoms with Crippen molar-refractivity contribution in [3.05, 3.63) is 158 Å². The van der Waals surface area contributed by atoms with Crippen LogP contribution in [0.2, 0.25) is 0 Å². The Bertz CT molecular complexity index is 2420. The van der Waals surface area contributed by atoms with E-state index in [1.165, 1.54) is 21.8 Å². The summed E-state index contributed by atoms with van der Waals surface area (Å²) in [6.45, 7) is 0. The van der Waals surface area contributed by atoms with Crippen molar-refractivity contribution in [2.24, 2.45) is 0 Å². The van der Waals surface area contributed by atoms with Crippen LogP contribution in [0.25, 0.3) is 77.8 Å². The number of benzene rings is 6. The minimum atomic E-state index is 0.718. The van der Waals surface area contributed by atoms with Gasteiger partial charge in [0.15, 0.2) is 5.82 Å². The maximum absolute atomic E-state index is 5.28. The maximum Gasteiger partial charge on any atom is 0.160 e. The lowest BCUT2D eigenvalue weighted by Crippen LogP contribution is -2.00. The van der Waals surface area contributed by atoms with Crippen LogP contribution in [-0.2, 0) is 0 Å². The number of rotatable bonds is 4. The van der Waals surface area contributed by atoms with Crippen molar-refractivity contribution < 1.29 is 0 Å². The second kappa shape index (κ2) is 9.79. The average Bonchev–Trinajstić information content (AvgIpc) is 3.62. The summed E-state index contributed by atoms with van der Waals surface area (Å²) in [7, 11) is 0. The van der Waals surface area contributed by atoms with E-state index in [9.17, 15) is 0 Å². The van der Waals surface area contributed by atoms with Crippen LogP contribution >= 0.6 is 0 Å². The van der Waals surface area contributed by atoms with Gasteiger partial charge in [0.05, 0.1) is 27.8 Å². The van der Waals surface area contributed by atoms with Gasteiger partial charge in [0.25, 0.3) is 0 Å². The molecule has 0 saturated carbocycles. The van der Waals surface area contributed by atoms with Crippen molar-refractivity contribution in [1.82, 2.24) is 19.1 Å². The molecule has 206 valence electrons. The molecule has 0 aliphatic rings. The first-order chi connectivity index (χ1) is 21.8. The summed E-state index contributed by atoms with van der Waals surface area (Å²) in [5.74, 6) is 0.718. The van der Waals surface area contributed by atoms with Gasteiger partial charge >= 0.3 is 0 Å². The molecule has 0 radical (unpaired) electrons. The van der Waals surface area contributed by atoms with Gasteiger partial charge in [-0.05, 0) is 42.5 Å². The van der Waals surface area contributed by atoms with Crippen LogP contribution in [0.1, 0.15) is 0 Å². The fourth-order valence-corrected chi connectivity index (χ4v) is 6.58. The van der Waals surface area contributed by atoms with Crippen molar-refractivity contribution in [2.75, 3.05) is 0 Å². The molecule has 3 heterocycles. The van der Waals surface area contributed by atoms with Crippen molar-refractivity contribution in [3.8, 4) is 34.0 Å². The van der Waals surface area contributed by atoms with E-state index >= 15 is 0 Å². The van der Waals surface area contributed by atoms with Crippen molar-refractivity contribution in [2.45, 2.75) is 0 Å². The molecule has 3 aromatic heterocycles. The number of fused-ring (bicyclic) bond motifs is 6. The number of para-hydroxylation sites is 4. The summed E-state index contributed by atoms with van der Waals surface area (Å²) in [5.41, 5.74) is 10.6. The Morgan fingerprint density at radius 3 is 1.50 bits per heavy atom. The monoisotopic (exact) mass is 562 g/mol. The third-order valence-corrected chi connectivity index (χ3v) is 8.53. The molecule has 0 aliphatic carbocycles. The fourth-order valence-electron chi connectivity index (χ4n) is 6.58. The Balaban J connectivity index is 1.32. The Kier molecular flexibility index (Phi) is 5.47. The van der Waals surface area contributed by atoms with Gasteiger partial charge in [-0.15, -0.1) is 0 Å². The summed E-state index contributed by atoms with van der Waals surface area (Å²) >= 11 is 0. The summed E-state index contributed by atoms with van der Waals surface area (Å²) in [6, 6.07) is 55.3. The number of hydrogen-bond donors (Lipinski definition) is 0. The first-order valence-corrected chi connectivity index (χ1v) is 14.9. The predicted molar refractivity (Wildman–Crippen MR) is 182 cm³/mol. The van der Waals surface area contributed by atoms with Gasteiger partial charge in [-0.2, -0.15) is 0 Å². The van der Waals surface area contributed by atoms with Crippen LogP contribution in [0.5, 0.6) is 0 Å². The topological polar surface area (TPSA) is 35.6 Å². The Morgan fingerprint density at radius 2 is 0.864 bits per heavy atom. The number of nitrogens with zero attached hydrogens (tertiary/aromatic N) is 4. The van der Waals surface area contributed by atoms with Crippen LogP contribution in [0.3, 0.4) is 0 Å². The van der Waals surface area contributed by atoms with Gasteiger partial charge in [0.2, 0.25) is 0 Å². The fraction of sp³-hybridized carbons (Fsp3) is 0. The minimum Gasteiger partial charge on any atom is -0.309 e. The number of hydrogen-bond acceptors (Lipinski definition) is 2. The molecule has 4 nitrogen and oxygen atoms in total. The summed E-state index contributed by atoms with van der Waals surface area (Å²) in [6.07, 6.45) is 0. The van der Waals surface area contributed by atoms with E-state index in [2.05, 4.69) is 149 Å². The highest BCUT2D eigenvalue weighted by molar-refractivity contribution is 6.12. The average molecular weight is 563 g/mol. The lowest BCUT2D eigenvalue weighted by Gasteiger charge is -2.13. The van der Waals surface area contributed by atoms with E-state index in [0.29, 0.717) is 0 Å². The summed E-state index contributed by atoms with van der Waals surface area (Å²) in [5, 5.41) is 3.61. The van der Waals surface area contributed by atoms with E-state index in [1.807, 2.05) is 18.2 Å². The van der Waals surface area contributed by atoms with E-state index < -0.39 is 0 Å².